The van der Waals surface area contributed by atoms with Gasteiger partial charge < -0.3 is 4.79 Å². The Bertz CT molecular complexity index is 366. The van der Waals surface area contributed by atoms with Crippen LogP contribution in [-0.2, 0) is 4.79 Å². The first-order valence-electron chi connectivity index (χ1n) is 4.77. The highest BCUT2D eigenvalue weighted by Gasteiger charge is 2.02. The summed E-state index contributed by atoms with van der Waals surface area (Å²) in [5.74, 6) is 6.31. The third-order valence-electron chi connectivity index (χ3n) is 1.99. The zero-order valence-electron chi connectivity index (χ0n) is 8.58. The minimum atomic E-state index is 0.312. The highest BCUT2D eigenvalue weighted by Crippen LogP contribution is 2.17. The molecule has 1 rings (SSSR count). The van der Waals surface area contributed by atoms with Gasteiger partial charge >= 0.3 is 0 Å². The molecule has 0 fully saturated rings. The van der Waals surface area contributed by atoms with Crippen molar-refractivity contribution in [3.05, 3.63) is 35.4 Å². The Hall–Kier alpha value is -1.55. The van der Waals surface area contributed by atoms with Crippen molar-refractivity contribution in [1.82, 2.24) is 0 Å². The Kier molecular flexibility index (Phi) is 3.94. The van der Waals surface area contributed by atoms with E-state index in [1.54, 1.807) is 0 Å². The van der Waals surface area contributed by atoms with E-state index in [0.29, 0.717) is 12.3 Å². The smallest absolute Gasteiger partial charge is 0.131 e. The second-order valence-electron chi connectivity index (χ2n) is 3.41. The second-order valence-corrected chi connectivity index (χ2v) is 3.41. The largest absolute Gasteiger partial charge is 0.302 e. The third kappa shape index (κ3) is 2.74. The van der Waals surface area contributed by atoms with Crippen LogP contribution in [0.5, 0.6) is 0 Å². The summed E-state index contributed by atoms with van der Waals surface area (Å²) < 4.78 is 0. The van der Waals surface area contributed by atoms with Crippen molar-refractivity contribution in [2.75, 3.05) is 0 Å². The number of carbonyl (C=O) groups excluding carboxylic acids is 1. The molecule has 0 aliphatic carbocycles. The summed E-state index contributed by atoms with van der Waals surface area (Å²) >= 11 is 0. The molecule has 0 bridgehead atoms. The lowest BCUT2D eigenvalue weighted by molar-refractivity contribution is -0.107. The van der Waals surface area contributed by atoms with E-state index in [1.807, 2.05) is 18.2 Å². The molecule has 0 saturated carbocycles. The standard InChI is InChI=1S/C13H14O/c1-11(2)13-9-4-3-7-12(13)8-5-6-10-14/h3-4,7,9-11H,6H2,1-2H3. The van der Waals surface area contributed by atoms with Gasteiger partial charge in [0.15, 0.2) is 0 Å². The molecule has 0 heterocycles. The number of hydrogen-bond donors (Lipinski definition) is 0. The maximum absolute atomic E-state index is 10.1. The maximum atomic E-state index is 10.1. The Balaban J connectivity index is 2.97. The first-order chi connectivity index (χ1) is 6.75. The van der Waals surface area contributed by atoms with Crippen molar-refractivity contribution in [3.63, 3.8) is 0 Å². The number of hydrogen-bond acceptors (Lipinski definition) is 1. The van der Waals surface area contributed by atoms with Crippen LogP contribution in [0.3, 0.4) is 0 Å². The number of carbonyl (C=O) groups is 1. The van der Waals surface area contributed by atoms with Crippen LogP contribution in [0.1, 0.15) is 37.3 Å². The summed E-state index contributed by atoms with van der Waals surface area (Å²) in [4.78, 5) is 10.1. The van der Waals surface area contributed by atoms with Crippen LogP contribution in [0.25, 0.3) is 0 Å². The van der Waals surface area contributed by atoms with Crippen molar-refractivity contribution in [2.24, 2.45) is 0 Å². The van der Waals surface area contributed by atoms with E-state index in [4.69, 9.17) is 0 Å². The maximum Gasteiger partial charge on any atom is 0.131 e. The molecule has 0 N–H and O–H groups in total. The Morgan fingerprint density at radius 3 is 2.71 bits per heavy atom. The van der Waals surface area contributed by atoms with E-state index in [0.717, 1.165) is 11.8 Å². The summed E-state index contributed by atoms with van der Waals surface area (Å²) in [5.41, 5.74) is 2.27. The van der Waals surface area contributed by atoms with Crippen LogP contribution in [0.15, 0.2) is 24.3 Å². The van der Waals surface area contributed by atoms with Gasteiger partial charge in [-0.3, -0.25) is 0 Å². The first-order valence-corrected chi connectivity index (χ1v) is 4.77. The van der Waals surface area contributed by atoms with E-state index < -0.39 is 0 Å². The fraction of sp³-hybridized carbons (Fsp3) is 0.308. The SMILES string of the molecule is CC(C)c1ccccc1C#CCC=O. The molecule has 0 amide bonds. The van der Waals surface area contributed by atoms with E-state index >= 15 is 0 Å². The first kappa shape index (κ1) is 10.5. The van der Waals surface area contributed by atoms with Crippen molar-refractivity contribution in [1.29, 1.82) is 0 Å². The van der Waals surface area contributed by atoms with Crippen LogP contribution >= 0.6 is 0 Å². The number of aldehydes is 1. The van der Waals surface area contributed by atoms with Crippen molar-refractivity contribution in [2.45, 2.75) is 26.2 Å². The molecule has 0 atom stereocenters. The Morgan fingerprint density at radius 2 is 2.07 bits per heavy atom. The molecule has 0 aliphatic rings. The predicted octanol–water partition coefficient (Wildman–Crippen LogP) is 2.75. The van der Waals surface area contributed by atoms with Crippen molar-refractivity contribution >= 4 is 6.29 Å². The van der Waals surface area contributed by atoms with E-state index in [9.17, 15) is 4.79 Å². The third-order valence-corrected chi connectivity index (χ3v) is 1.99. The molecular weight excluding hydrogens is 172 g/mol. The van der Waals surface area contributed by atoms with Gasteiger partial charge in [0.25, 0.3) is 0 Å². The molecule has 1 heteroatoms. The molecular formula is C13H14O. The quantitative estimate of drug-likeness (QED) is 0.512. The highest BCUT2D eigenvalue weighted by atomic mass is 16.1. The van der Waals surface area contributed by atoms with Crippen molar-refractivity contribution in [3.8, 4) is 11.8 Å². The van der Waals surface area contributed by atoms with Gasteiger partial charge in [-0.25, -0.2) is 0 Å². The molecule has 0 radical (unpaired) electrons. The molecule has 1 aromatic carbocycles. The molecule has 0 aromatic heterocycles. The van der Waals surface area contributed by atoms with Gasteiger partial charge in [-0.15, -0.1) is 0 Å². The molecule has 0 unspecified atom stereocenters. The van der Waals surface area contributed by atoms with Gasteiger partial charge in [0.2, 0.25) is 0 Å². The summed E-state index contributed by atoms with van der Waals surface area (Å²) in [7, 11) is 0. The number of rotatable bonds is 2. The lowest BCUT2D eigenvalue weighted by Gasteiger charge is -2.06. The Morgan fingerprint density at radius 1 is 1.36 bits per heavy atom. The zero-order chi connectivity index (χ0) is 10.4. The van der Waals surface area contributed by atoms with Gasteiger partial charge in [-0.1, -0.05) is 43.9 Å². The molecule has 1 aromatic rings. The summed E-state index contributed by atoms with van der Waals surface area (Å²) in [6.45, 7) is 4.28. The fourth-order valence-corrected chi connectivity index (χ4v) is 1.30. The molecule has 1 nitrogen and oxygen atoms in total. The van der Waals surface area contributed by atoms with E-state index in [-0.39, 0.29) is 0 Å². The minimum absolute atomic E-state index is 0.312. The normalized spacial score (nSPS) is 9.36. The number of benzene rings is 1. The zero-order valence-corrected chi connectivity index (χ0v) is 8.58. The topological polar surface area (TPSA) is 17.1 Å². The van der Waals surface area contributed by atoms with Crippen LogP contribution in [0.4, 0.5) is 0 Å². The van der Waals surface area contributed by atoms with Crippen LogP contribution < -0.4 is 0 Å². The minimum Gasteiger partial charge on any atom is -0.302 e. The van der Waals surface area contributed by atoms with Gasteiger partial charge in [0, 0.05) is 5.56 Å². The van der Waals surface area contributed by atoms with Gasteiger partial charge in [0.05, 0.1) is 6.42 Å². The van der Waals surface area contributed by atoms with Gasteiger partial charge in [-0.2, -0.15) is 0 Å². The average molecular weight is 186 g/mol. The van der Waals surface area contributed by atoms with Crippen LogP contribution in [-0.4, -0.2) is 6.29 Å². The Labute approximate surface area is 85.1 Å². The molecule has 72 valence electrons. The molecule has 0 saturated heterocycles. The highest BCUT2D eigenvalue weighted by molar-refractivity contribution is 5.55. The van der Waals surface area contributed by atoms with Gasteiger partial charge in [-0.05, 0) is 17.5 Å². The van der Waals surface area contributed by atoms with Crippen LogP contribution in [0.2, 0.25) is 0 Å². The monoisotopic (exact) mass is 186 g/mol. The predicted molar refractivity (Wildman–Crippen MR) is 58.1 cm³/mol. The summed E-state index contributed by atoms with van der Waals surface area (Å²) in [6, 6.07) is 8.06. The van der Waals surface area contributed by atoms with Crippen molar-refractivity contribution < 1.29 is 4.79 Å². The average Bonchev–Trinajstić information content (AvgIpc) is 2.19. The van der Waals surface area contributed by atoms with Crippen LogP contribution in [0, 0.1) is 11.8 Å². The van der Waals surface area contributed by atoms with E-state index in [2.05, 4.69) is 31.8 Å². The lowest BCUT2D eigenvalue weighted by atomic mass is 9.97. The molecule has 0 aliphatic heterocycles. The molecule has 0 spiro atoms. The van der Waals surface area contributed by atoms with E-state index in [1.165, 1.54) is 5.56 Å². The fourth-order valence-electron chi connectivity index (χ4n) is 1.30. The molecule has 14 heavy (non-hydrogen) atoms. The summed E-state index contributed by atoms with van der Waals surface area (Å²) in [6.07, 6.45) is 1.14. The summed E-state index contributed by atoms with van der Waals surface area (Å²) in [5, 5.41) is 0. The second kappa shape index (κ2) is 5.24. The van der Waals surface area contributed by atoms with Gasteiger partial charge in [0.1, 0.15) is 6.29 Å². The lowest BCUT2D eigenvalue weighted by Crippen LogP contribution is -1.91.